The van der Waals surface area contributed by atoms with E-state index in [0.29, 0.717) is 18.0 Å². The van der Waals surface area contributed by atoms with Gasteiger partial charge in [-0.3, -0.25) is 0 Å². The number of hydrogen-bond donors (Lipinski definition) is 1. The average Bonchev–Trinajstić information content (AvgIpc) is 2.46. The van der Waals surface area contributed by atoms with E-state index in [1.165, 1.54) is 18.4 Å². The zero-order chi connectivity index (χ0) is 15.1. The number of benzene rings is 2. The minimum Gasteiger partial charge on any atom is -0.494 e. The van der Waals surface area contributed by atoms with Crippen LogP contribution in [-0.4, -0.2) is 6.61 Å². The number of hydrogen-bond acceptors (Lipinski definition) is 3. The van der Waals surface area contributed by atoms with Gasteiger partial charge >= 0.3 is 0 Å². The molecular formula is C18H23NO2. The van der Waals surface area contributed by atoms with Crippen molar-refractivity contribution in [3.63, 3.8) is 0 Å². The summed E-state index contributed by atoms with van der Waals surface area (Å²) in [6.07, 6.45) is 3.54. The first-order chi connectivity index (χ1) is 10.2. The van der Waals surface area contributed by atoms with Gasteiger partial charge in [-0.05, 0) is 37.5 Å². The predicted molar refractivity (Wildman–Crippen MR) is 87.2 cm³/mol. The number of ether oxygens (including phenoxy) is 2. The summed E-state index contributed by atoms with van der Waals surface area (Å²) >= 11 is 0. The Morgan fingerprint density at radius 2 is 1.62 bits per heavy atom. The van der Waals surface area contributed by atoms with Crippen LogP contribution in [0, 0.1) is 0 Å². The van der Waals surface area contributed by atoms with Crippen molar-refractivity contribution in [1.29, 1.82) is 0 Å². The summed E-state index contributed by atoms with van der Waals surface area (Å²) in [6.45, 7) is 4.75. The van der Waals surface area contributed by atoms with E-state index in [1.807, 2.05) is 25.1 Å². The lowest BCUT2D eigenvalue weighted by molar-refractivity contribution is 0.338. The van der Waals surface area contributed by atoms with Gasteiger partial charge in [-0.25, -0.2) is 0 Å². The fourth-order valence-corrected chi connectivity index (χ4v) is 2.14. The first-order valence-corrected chi connectivity index (χ1v) is 7.51. The Morgan fingerprint density at radius 3 is 2.29 bits per heavy atom. The normalized spacial score (nSPS) is 10.4. The van der Waals surface area contributed by atoms with E-state index in [9.17, 15) is 0 Å². The molecule has 0 saturated carbocycles. The molecule has 0 aromatic heterocycles. The lowest BCUT2D eigenvalue weighted by atomic mass is 10.1. The summed E-state index contributed by atoms with van der Waals surface area (Å²) < 4.78 is 11.3. The minimum atomic E-state index is 0.606. The summed E-state index contributed by atoms with van der Waals surface area (Å²) in [5.41, 5.74) is 7.84. The first kappa shape index (κ1) is 15.2. The van der Waals surface area contributed by atoms with Crippen molar-refractivity contribution in [1.82, 2.24) is 0 Å². The number of anilines is 1. The maximum atomic E-state index is 5.86. The van der Waals surface area contributed by atoms with Gasteiger partial charge in [0.15, 0.2) is 0 Å². The van der Waals surface area contributed by atoms with E-state index in [1.54, 1.807) is 12.1 Å². The molecule has 2 aromatic rings. The molecule has 3 nitrogen and oxygen atoms in total. The Balaban J connectivity index is 2.07. The number of nitrogen functional groups attached to an aromatic ring is 1. The van der Waals surface area contributed by atoms with Gasteiger partial charge in [-0.2, -0.15) is 0 Å². The SMILES string of the molecule is CCCCc1ccc(Oc2cc(N)cc(OCC)c2)cc1. The zero-order valence-corrected chi connectivity index (χ0v) is 12.8. The maximum absolute atomic E-state index is 5.86. The summed E-state index contributed by atoms with van der Waals surface area (Å²) in [7, 11) is 0. The molecule has 0 aliphatic heterocycles. The molecule has 21 heavy (non-hydrogen) atoms. The second-order valence-corrected chi connectivity index (χ2v) is 5.02. The van der Waals surface area contributed by atoms with Gasteiger partial charge in [0.1, 0.15) is 17.2 Å². The lowest BCUT2D eigenvalue weighted by Gasteiger charge is -2.10. The van der Waals surface area contributed by atoms with Gasteiger partial charge in [-0.1, -0.05) is 25.5 Å². The Hall–Kier alpha value is -2.16. The molecule has 0 fully saturated rings. The average molecular weight is 285 g/mol. The van der Waals surface area contributed by atoms with Crippen molar-refractivity contribution in [2.45, 2.75) is 33.1 Å². The summed E-state index contributed by atoms with van der Waals surface area (Å²) in [4.78, 5) is 0. The van der Waals surface area contributed by atoms with E-state index in [0.717, 1.165) is 17.9 Å². The molecular weight excluding hydrogens is 262 g/mol. The highest BCUT2D eigenvalue weighted by Crippen LogP contribution is 2.28. The highest BCUT2D eigenvalue weighted by Gasteiger charge is 2.03. The predicted octanol–water partition coefficient (Wildman–Crippen LogP) is 4.80. The summed E-state index contributed by atoms with van der Waals surface area (Å²) in [5, 5.41) is 0. The van der Waals surface area contributed by atoms with Gasteiger partial charge in [0.05, 0.1) is 6.61 Å². The molecule has 0 radical (unpaired) electrons. The van der Waals surface area contributed by atoms with Crippen molar-refractivity contribution in [2.75, 3.05) is 12.3 Å². The standard InChI is InChI=1S/C18H23NO2/c1-3-5-6-14-7-9-16(10-8-14)21-18-12-15(19)11-17(13-18)20-4-2/h7-13H,3-6,19H2,1-2H3. The van der Waals surface area contributed by atoms with Crippen LogP contribution in [0.2, 0.25) is 0 Å². The van der Waals surface area contributed by atoms with Crippen LogP contribution in [0.15, 0.2) is 42.5 Å². The fourth-order valence-electron chi connectivity index (χ4n) is 2.14. The van der Waals surface area contributed by atoms with E-state index in [-0.39, 0.29) is 0 Å². The van der Waals surface area contributed by atoms with E-state index in [4.69, 9.17) is 15.2 Å². The van der Waals surface area contributed by atoms with Crippen molar-refractivity contribution in [3.05, 3.63) is 48.0 Å². The van der Waals surface area contributed by atoms with Crippen molar-refractivity contribution < 1.29 is 9.47 Å². The second-order valence-electron chi connectivity index (χ2n) is 5.02. The molecule has 0 bridgehead atoms. The highest BCUT2D eigenvalue weighted by atomic mass is 16.5. The molecule has 0 amide bonds. The molecule has 0 heterocycles. The highest BCUT2D eigenvalue weighted by molar-refractivity contribution is 5.51. The molecule has 0 aliphatic rings. The van der Waals surface area contributed by atoms with Gasteiger partial charge in [0.2, 0.25) is 0 Å². The van der Waals surface area contributed by atoms with Crippen LogP contribution in [0.25, 0.3) is 0 Å². The van der Waals surface area contributed by atoms with Crippen molar-refractivity contribution in [2.24, 2.45) is 0 Å². The minimum absolute atomic E-state index is 0.606. The Morgan fingerprint density at radius 1 is 0.905 bits per heavy atom. The van der Waals surface area contributed by atoms with Gasteiger partial charge < -0.3 is 15.2 Å². The third kappa shape index (κ3) is 4.71. The Bertz CT molecular complexity index is 564. The first-order valence-electron chi connectivity index (χ1n) is 7.51. The fraction of sp³-hybridized carbons (Fsp3) is 0.333. The molecule has 112 valence electrons. The Kier molecular flexibility index (Phi) is 5.50. The molecule has 0 atom stereocenters. The van der Waals surface area contributed by atoms with Crippen molar-refractivity contribution >= 4 is 5.69 Å². The lowest BCUT2D eigenvalue weighted by Crippen LogP contribution is -1.95. The molecule has 0 saturated heterocycles. The Labute approximate surface area is 126 Å². The number of rotatable bonds is 7. The van der Waals surface area contributed by atoms with Crippen LogP contribution in [0.1, 0.15) is 32.3 Å². The molecule has 0 aliphatic carbocycles. The smallest absolute Gasteiger partial charge is 0.133 e. The van der Waals surface area contributed by atoms with Crippen LogP contribution in [0.3, 0.4) is 0 Å². The van der Waals surface area contributed by atoms with Crippen LogP contribution < -0.4 is 15.2 Å². The van der Waals surface area contributed by atoms with Gasteiger partial charge in [0, 0.05) is 23.9 Å². The topological polar surface area (TPSA) is 44.5 Å². The monoisotopic (exact) mass is 285 g/mol. The van der Waals surface area contributed by atoms with E-state index in [2.05, 4.69) is 19.1 Å². The number of nitrogens with two attached hydrogens (primary N) is 1. The molecule has 0 spiro atoms. The van der Waals surface area contributed by atoms with Crippen molar-refractivity contribution in [3.8, 4) is 17.2 Å². The molecule has 2 rings (SSSR count). The largest absolute Gasteiger partial charge is 0.494 e. The molecule has 2 N–H and O–H groups in total. The van der Waals surface area contributed by atoms with Crippen LogP contribution >= 0.6 is 0 Å². The molecule has 0 unspecified atom stereocenters. The third-order valence-electron chi connectivity index (χ3n) is 3.19. The van der Waals surface area contributed by atoms with E-state index < -0.39 is 0 Å². The quantitative estimate of drug-likeness (QED) is 0.743. The molecule has 3 heteroatoms. The number of aryl methyl sites for hydroxylation is 1. The van der Waals surface area contributed by atoms with Crippen LogP contribution in [0.5, 0.6) is 17.2 Å². The van der Waals surface area contributed by atoms with Gasteiger partial charge in [-0.15, -0.1) is 0 Å². The summed E-state index contributed by atoms with van der Waals surface area (Å²) in [6, 6.07) is 13.7. The van der Waals surface area contributed by atoms with E-state index >= 15 is 0 Å². The molecule has 2 aromatic carbocycles. The number of unbranched alkanes of at least 4 members (excludes halogenated alkanes) is 1. The van der Waals surface area contributed by atoms with Crippen LogP contribution in [0.4, 0.5) is 5.69 Å². The third-order valence-corrected chi connectivity index (χ3v) is 3.19. The zero-order valence-electron chi connectivity index (χ0n) is 12.8. The second kappa shape index (κ2) is 7.58. The van der Waals surface area contributed by atoms with Gasteiger partial charge in [0.25, 0.3) is 0 Å². The van der Waals surface area contributed by atoms with Crippen LogP contribution in [-0.2, 0) is 6.42 Å². The summed E-state index contributed by atoms with van der Waals surface area (Å²) in [5.74, 6) is 2.23. The maximum Gasteiger partial charge on any atom is 0.133 e.